The lowest BCUT2D eigenvalue weighted by atomic mass is 10.0. The summed E-state index contributed by atoms with van der Waals surface area (Å²) in [5.74, 6) is -0.307. The standard InChI is InChI=1S/C26H25ClN4O6S/c27-17-5-8-22-21(12-17)25(24(30-22)26(28)33)38(34,35)31-10-11-36-19(13-31)15-37-18-6-3-16(4-7-18)20-2-1-9-29-23(20)14-32/h1-9,12,19,30,32H,10-11,13-15H2,(H2,28,33). The molecule has 5 rings (SSSR count). The molecule has 1 aliphatic heterocycles. The summed E-state index contributed by atoms with van der Waals surface area (Å²) in [5.41, 5.74) is 8.03. The minimum atomic E-state index is -4.12. The number of aliphatic hydroxyl groups excluding tert-OH is 1. The second-order valence-electron chi connectivity index (χ2n) is 8.73. The number of H-pyrrole nitrogens is 1. The van der Waals surface area contributed by atoms with Crippen LogP contribution in [0.4, 0.5) is 0 Å². The van der Waals surface area contributed by atoms with Crippen molar-refractivity contribution in [3.63, 3.8) is 0 Å². The van der Waals surface area contributed by atoms with Crippen molar-refractivity contribution in [1.29, 1.82) is 0 Å². The fourth-order valence-corrected chi connectivity index (χ4v) is 6.43. The number of nitrogens with zero attached hydrogens (tertiary/aromatic N) is 2. The third kappa shape index (κ3) is 5.11. The molecule has 1 unspecified atom stereocenters. The van der Waals surface area contributed by atoms with Gasteiger partial charge in [0.15, 0.2) is 0 Å². The number of amides is 1. The summed E-state index contributed by atoms with van der Waals surface area (Å²) in [4.78, 5) is 18.9. The maximum atomic E-state index is 13.7. The van der Waals surface area contributed by atoms with E-state index in [0.29, 0.717) is 27.4 Å². The molecule has 0 spiro atoms. The number of hydrogen-bond acceptors (Lipinski definition) is 7. The van der Waals surface area contributed by atoms with Crippen molar-refractivity contribution in [2.75, 3.05) is 26.3 Å². The highest BCUT2D eigenvalue weighted by Gasteiger charge is 2.36. The van der Waals surface area contributed by atoms with Crippen LogP contribution in [-0.4, -0.2) is 66.1 Å². The molecule has 0 saturated carbocycles. The lowest BCUT2D eigenvalue weighted by molar-refractivity contribution is -0.0249. The van der Waals surface area contributed by atoms with E-state index in [9.17, 15) is 18.3 Å². The molecule has 1 atom stereocenters. The van der Waals surface area contributed by atoms with E-state index in [-0.39, 0.29) is 43.5 Å². The minimum Gasteiger partial charge on any atom is -0.491 e. The number of pyridine rings is 1. The Hall–Kier alpha value is -3.48. The minimum absolute atomic E-state index is 0.0292. The number of benzene rings is 2. The molecule has 0 aliphatic carbocycles. The molecule has 2 aromatic heterocycles. The summed E-state index contributed by atoms with van der Waals surface area (Å²) < 4.78 is 40.3. The van der Waals surface area contributed by atoms with Crippen molar-refractivity contribution in [2.45, 2.75) is 17.6 Å². The highest BCUT2D eigenvalue weighted by atomic mass is 35.5. The second kappa shape index (κ2) is 10.7. The van der Waals surface area contributed by atoms with Crippen molar-refractivity contribution >= 4 is 38.4 Å². The SMILES string of the molecule is NC(=O)c1[nH]c2ccc(Cl)cc2c1S(=O)(=O)N1CCOC(COc2ccc(-c3cccnc3CO)cc2)C1. The lowest BCUT2D eigenvalue weighted by Gasteiger charge is -2.32. The average molecular weight is 557 g/mol. The predicted molar refractivity (Wildman–Crippen MR) is 141 cm³/mol. The van der Waals surface area contributed by atoms with Crippen LogP contribution in [0.15, 0.2) is 65.7 Å². The molecule has 0 radical (unpaired) electrons. The number of ether oxygens (including phenoxy) is 2. The number of primary amides is 1. The fraction of sp³-hybridized carbons (Fsp3) is 0.231. The molecule has 0 bridgehead atoms. The molecule has 38 heavy (non-hydrogen) atoms. The van der Waals surface area contributed by atoms with E-state index >= 15 is 0 Å². The number of carbonyl (C=O) groups is 1. The van der Waals surface area contributed by atoms with Gasteiger partial charge < -0.3 is 25.3 Å². The van der Waals surface area contributed by atoms with Gasteiger partial charge in [-0.3, -0.25) is 9.78 Å². The molecule has 1 amide bonds. The van der Waals surface area contributed by atoms with Gasteiger partial charge in [-0.05, 0) is 42.0 Å². The molecule has 198 valence electrons. The Labute approximate surface area is 224 Å². The zero-order chi connectivity index (χ0) is 26.9. The number of morpholine rings is 1. The Morgan fingerprint density at radius 3 is 2.76 bits per heavy atom. The van der Waals surface area contributed by atoms with Gasteiger partial charge in [-0.2, -0.15) is 4.31 Å². The van der Waals surface area contributed by atoms with Crippen LogP contribution in [0, 0.1) is 0 Å². The molecular formula is C26H25ClN4O6S. The normalized spacial score (nSPS) is 16.5. The van der Waals surface area contributed by atoms with E-state index in [2.05, 4.69) is 9.97 Å². The third-order valence-electron chi connectivity index (χ3n) is 6.30. The van der Waals surface area contributed by atoms with Gasteiger partial charge >= 0.3 is 0 Å². The van der Waals surface area contributed by atoms with E-state index < -0.39 is 22.0 Å². The first kappa shape index (κ1) is 26.1. The first-order chi connectivity index (χ1) is 18.3. The summed E-state index contributed by atoms with van der Waals surface area (Å²) in [6.07, 6.45) is 1.09. The van der Waals surface area contributed by atoms with Gasteiger partial charge in [-0.1, -0.05) is 29.8 Å². The summed E-state index contributed by atoms with van der Waals surface area (Å²) in [6.45, 7) is 0.243. The number of nitrogens with two attached hydrogens (primary N) is 1. The fourth-order valence-electron chi connectivity index (χ4n) is 4.47. The third-order valence-corrected chi connectivity index (χ3v) is 8.49. The van der Waals surface area contributed by atoms with Gasteiger partial charge in [-0.25, -0.2) is 8.42 Å². The average Bonchev–Trinajstić information content (AvgIpc) is 3.32. The van der Waals surface area contributed by atoms with Crippen LogP contribution in [0.3, 0.4) is 0 Å². The van der Waals surface area contributed by atoms with E-state index in [4.69, 9.17) is 26.8 Å². The number of aromatic nitrogens is 2. The largest absolute Gasteiger partial charge is 0.491 e. The first-order valence-electron chi connectivity index (χ1n) is 11.8. The maximum absolute atomic E-state index is 13.7. The Bertz CT molecular complexity index is 1590. The summed E-state index contributed by atoms with van der Waals surface area (Å²) in [6, 6.07) is 15.7. The molecule has 10 nitrogen and oxygen atoms in total. The first-order valence-corrected chi connectivity index (χ1v) is 13.6. The topological polar surface area (TPSA) is 148 Å². The van der Waals surface area contributed by atoms with Gasteiger partial charge in [0, 0.05) is 40.8 Å². The number of sulfonamides is 1. The Balaban J connectivity index is 1.31. The number of fused-ring (bicyclic) bond motifs is 1. The van der Waals surface area contributed by atoms with Crippen LogP contribution < -0.4 is 10.5 Å². The van der Waals surface area contributed by atoms with Crippen molar-refractivity contribution < 1.29 is 27.8 Å². The van der Waals surface area contributed by atoms with Crippen molar-refractivity contribution in [2.24, 2.45) is 5.73 Å². The Morgan fingerprint density at radius 2 is 2.03 bits per heavy atom. The monoisotopic (exact) mass is 556 g/mol. The predicted octanol–water partition coefficient (Wildman–Crippen LogP) is 2.94. The van der Waals surface area contributed by atoms with Crippen molar-refractivity contribution in [3.05, 3.63) is 77.2 Å². The molecule has 4 aromatic rings. The smallest absolute Gasteiger partial charge is 0.266 e. The molecule has 2 aromatic carbocycles. The van der Waals surface area contributed by atoms with E-state index in [0.717, 1.165) is 11.1 Å². The number of hydrogen-bond donors (Lipinski definition) is 3. The van der Waals surface area contributed by atoms with Gasteiger partial charge in [0.25, 0.3) is 5.91 Å². The van der Waals surface area contributed by atoms with Crippen LogP contribution >= 0.6 is 11.6 Å². The zero-order valence-electron chi connectivity index (χ0n) is 20.1. The molecule has 4 N–H and O–H groups in total. The summed E-state index contributed by atoms with van der Waals surface area (Å²) in [5, 5.41) is 10.2. The number of carbonyl (C=O) groups excluding carboxylic acids is 1. The van der Waals surface area contributed by atoms with Crippen LogP contribution in [0.2, 0.25) is 5.02 Å². The lowest BCUT2D eigenvalue weighted by Crippen LogP contribution is -2.47. The Morgan fingerprint density at radius 1 is 1.24 bits per heavy atom. The van der Waals surface area contributed by atoms with E-state index in [1.165, 1.54) is 10.4 Å². The molecule has 1 aliphatic rings. The maximum Gasteiger partial charge on any atom is 0.266 e. The summed E-state index contributed by atoms with van der Waals surface area (Å²) in [7, 11) is -4.12. The number of halogens is 1. The van der Waals surface area contributed by atoms with Gasteiger partial charge in [-0.15, -0.1) is 0 Å². The zero-order valence-corrected chi connectivity index (χ0v) is 21.7. The molecule has 12 heteroatoms. The number of aromatic amines is 1. The highest BCUT2D eigenvalue weighted by molar-refractivity contribution is 7.89. The van der Waals surface area contributed by atoms with Crippen LogP contribution in [0.1, 0.15) is 16.2 Å². The number of aliphatic hydroxyl groups is 1. The van der Waals surface area contributed by atoms with Crippen LogP contribution in [0.5, 0.6) is 5.75 Å². The van der Waals surface area contributed by atoms with Gasteiger partial charge in [0.1, 0.15) is 29.0 Å². The van der Waals surface area contributed by atoms with E-state index in [1.54, 1.807) is 36.5 Å². The highest BCUT2D eigenvalue weighted by Crippen LogP contribution is 2.32. The quantitative estimate of drug-likeness (QED) is 0.302. The number of rotatable bonds is 8. The van der Waals surface area contributed by atoms with Crippen molar-refractivity contribution in [3.8, 4) is 16.9 Å². The molecular weight excluding hydrogens is 532 g/mol. The van der Waals surface area contributed by atoms with E-state index in [1.807, 2.05) is 18.2 Å². The molecule has 3 heterocycles. The second-order valence-corrected chi connectivity index (χ2v) is 11.0. The van der Waals surface area contributed by atoms with Gasteiger partial charge in [0.2, 0.25) is 10.0 Å². The molecule has 1 saturated heterocycles. The number of nitrogens with one attached hydrogen (secondary N) is 1. The molecule has 1 fully saturated rings. The van der Waals surface area contributed by atoms with Crippen LogP contribution in [-0.2, 0) is 21.4 Å². The van der Waals surface area contributed by atoms with Crippen LogP contribution in [0.25, 0.3) is 22.0 Å². The van der Waals surface area contributed by atoms with Crippen molar-refractivity contribution in [1.82, 2.24) is 14.3 Å². The van der Waals surface area contributed by atoms with Gasteiger partial charge in [0.05, 0.1) is 18.9 Å². The Kier molecular flexibility index (Phi) is 7.37. The summed E-state index contributed by atoms with van der Waals surface area (Å²) >= 11 is 6.11.